The van der Waals surface area contributed by atoms with Gasteiger partial charge in [0.25, 0.3) is 0 Å². The van der Waals surface area contributed by atoms with E-state index >= 15 is 0 Å². The Bertz CT molecular complexity index is 349. The lowest BCUT2D eigenvalue weighted by atomic mass is 10.1. The molecule has 3 heteroatoms. The quantitative estimate of drug-likeness (QED) is 0.848. The molecule has 0 spiro atoms. The number of hydrogen-bond donors (Lipinski definition) is 1. The Hall–Kier alpha value is -1.12. The van der Waals surface area contributed by atoms with Crippen LogP contribution < -0.4 is 5.32 Å². The van der Waals surface area contributed by atoms with Crippen LogP contribution in [0.25, 0.3) is 0 Å². The Balaban J connectivity index is 2.01. The molecule has 2 unspecified atom stereocenters. The molecule has 16 heavy (non-hydrogen) atoms. The van der Waals surface area contributed by atoms with E-state index in [1.807, 2.05) is 12.3 Å². The minimum absolute atomic E-state index is 0.393. The number of hydrogen-bond acceptors (Lipinski definition) is 3. The zero-order valence-electron chi connectivity index (χ0n) is 10.4. The molecule has 2 atom stereocenters. The molecule has 0 amide bonds. The summed E-state index contributed by atoms with van der Waals surface area (Å²) in [7, 11) is 0. The van der Waals surface area contributed by atoms with Gasteiger partial charge in [-0.15, -0.1) is 0 Å². The summed E-state index contributed by atoms with van der Waals surface area (Å²) in [4.78, 5) is 8.82. The minimum Gasteiger partial charge on any atom is -0.367 e. The third-order valence-corrected chi connectivity index (χ3v) is 3.24. The van der Waals surface area contributed by atoms with Crippen molar-refractivity contribution < 1.29 is 0 Å². The molecule has 1 fully saturated rings. The van der Waals surface area contributed by atoms with Crippen molar-refractivity contribution in [2.75, 3.05) is 5.32 Å². The van der Waals surface area contributed by atoms with E-state index in [9.17, 15) is 0 Å². The van der Waals surface area contributed by atoms with Gasteiger partial charge in [-0.05, 0) is 31.2 Å². The lowest BCUT2D eigenvalue weighted by molar-refractivity contribution is 0.602. The van der Waals surface area contributed by atoms with E-state index in [4.69, 9.17) is 0 Å². The van der Waals surface area contributed by atoms with Crippen molar-refractivity contribution in [3.8, 4) is 0 Å². The van der Waals surface area contributed by atoms with Gasteiger partial charge in [0, 0.05) is 18.2 Å². The number of nitrogens with zero attached hydrogens (tertiary/aromatic N) is 2. The Kier molecular flexibility index (Phi) is 3.42. The lowest BCUT2D eigenvalue weighted by Gasteiger charge is -2.14. The van der Waals surface area contributed by atoms with Gasteiger partial charge in [-0.3, -0.25) is 0 Å². The van der Waals surface area contributed by atoms with E-state index in [-0.39, 0.29) is 0 Å². The molecule has 88 valence electrons. The van der Waals surface area contributed by atoms with E-state index in [1.54, 1.807) is 0 Å². The second-order valence-corrected chi connectivity index (χ2v) is 5.21. The second kappa shape index (κ2) is 4.81. The third-order valence-electron chi connectivity index (χ3n) is 3.24. The normalized spacial score (nSPS) is 25.0. The van der Waals surface area contributed by atoms with Crippen LogP contribution >= 0.6 is 0 Å². The Morgan fingerprint density at radius 1 is 1.38 bits per heavy atom. The smallest absolute Gasteiger partial charge is 0.133 e. The summed E-state index contributed by atoms with van der Waals surface area (Å²) in [6, 6.07) is 2.57. The summed E-state index contributed by atoms with van der Waals surface area (Å²) in [5.74, 6) is 3.15. The van der Waals surface area contributed by atoms with Crippen LogP contribution in [0.5, 0.6) is 0 Å². The molecule has 1 N–H and O–H groups in total. The van der Waals surface area contributed by atoms with Crippen molar-refractivity contribution in [3.05, 3.63) is 18.1 Å². The molecule has 3 nitrogen and oxygen atoms in total. The van der Waals surface area contributed by atoms with Crippen molar-refractivity contribution in [2.24, 2.45) is 5.92 Å². The average molecular weight is 219 g/mol. The molecule has 1 saturated carbocycles. The first kappa shape index (κ1) is 11.4. The van der Waals surface area contributed by atoms with Gasteiger partial charge in [0.05, 0.1) is 0 Å². The van der Waals surface area contributed by atoms with Crippen molar-refractivity contribution in [1.82, 2.24) is 9.97 Å². The number of rotatable bonds is 3. The largest absolute Gasteiger partial charge is 0.367 e. The fourth-order valence-electron chi connectivity index (χ4n) is 2.28. The summed E-state index contributed by atoms with van der Waals surface area (Å²) in [5.41, 5.74) is 0. The van der Waals surface area contributed by atoms with E-state index in [2.05, 4.69) is 36.1 Å². The highest BCUT2D eigenvalue weighted by Crippen LogP contribution is 2.27. The maximum atomic E-state index is 4.54. The Morgan fingerprint density at radius 3 is 2.81 bits per heavy atom. The van der Waals surface area contributed by atoms with Gasteiger partial charge < -0.3 is 5.32 Å². The van der Waals surface area contributed by atoms with Crippen LogP contribution in [0.2, 0.25) is 0 Å². The summed E-state index contributed by atoms with van der Waals surface area (Å²) >= 11 is 0. The molecule has 1 aromatic heterocycles. The molecule has 1 aromatic rings. The van der Waals surface area contributed by atoms with Crippen molar-refractivity contribution >= 4 is 5.82 Å². The molecule has 0 aromatic carbocycles. The third kappa shape index (κ3) is 2.71. The van der Waals surface area contributed by atoms with E-state index in [1.165, 1.54) is 19.3 Å². The van der Waals surface area contributed by atoms with Crippen molar-refractivity contribution in [1.29, 1.82) is 0 Å². The Morgan fingerprint density at radius 2 is 2.19 bits per heavy atom. The van der Waals surface area contributed by atoms with Crippen molar-refractivity contribution in [2.45, 2.75) is 52.0 Å². The SMILES string of the molecule is CC1CCC(Nc2ccnc(C(C)C)n2)C1. The molecule has 1 aliphatic rings. The lowest BCUT2D eigenvalue weighted by Crippen LogP contribution is -2.17. The summed E-state index contributed by atoms with van der Waals surface area (Å²) in [6.07, 6.45) is 5.71. The van der Waals surface area contributed by atoms with Crippen LogP contribution in [0.15, 0.2) is 12.3 Å². The maximum Gasteiger partial charge on any atom is 0.133 e. The van der Waals surface area contributed by atoms with Gasteiger partial charge >= 0.3 is 0 Å². The molecule has 0 bridgehead atoms. The highest BCUT2D eigenvalue weighted by atomic mass is 15.0. The molecule has 1 heterocycles. The predicted octanol–water partition coefficient (Wildman–Crippen LogP) is 3.20. The number of nitrogens with one attached hydrogen (secondary N) is 1. The van der Waals surface area contributed by atoms with Gasteiger partial charge in [-0.1, -0.05) is 20.8 Å². The highest BCUT2D eigenvalue weighted by molar-refractivity contribution is 5.34. The van der Waals surface area contributed by atoms with Crippen LogP contribution in [-0.2, 0) is 0 Å². The predicted molar refractivity (Wildman–Crippen MR) is 66.5 cm³/mol. The fourth-order valence-corrected chi connectivity index (χ4v) is 2.28. The molecular weight excluding hydrogens is 198 g/mol. The molecule has 1 aliphatic carbocycles. The van der Waals surface area contributed by atoms with Crippen molar-refractivity contribution in [3.63, 3.8) is 0 Å². The maximum absolute atomic E-state index is 4.54. The first-order valence-electron chi connectivity index (χ1n) is 6.24. The van der Waals surface area contributed by atoms with Crippen LogP contribution in [0.3, 0.4) is 0 Å². The summed E-state index contributed by atoms with van der Waals surface area (Å²) < 4.78 is 0. The van der Waals surface area contributed by atoms with Crippen LogP contribution in [0, 0.1) is 5.92 Å². The van der Waals surface area contributed by atoms with Crippen LogP contribution in [-0.4, -0.2) is 16.0 Å². The second-order valence-electron chi connectivity index (χ2n) is 5.21. The summed E-state index contributed by atoms with van der Waals surface area (Å²) in [5, 5.41) is 3.52. The monoisotopic (exact) mass is 219 g/mol. The van der Waals surface area contributed by atoms with Gasteiger partial charge in [-0.25, -0.2) is 9.97 Å². The topological polar surface area (TPSA) is 37.8 Å². The number of aromatic nitrogens is 2. The summed E-state index contributed by atoms with van der Waals surface area (Å²) in [6.45, 7) is 6.56. The first-order valence-corrected chi connectivity index (χ1v) is 6.24. The van der Waals surface area contributed by atoms with Crippen LogP contribution in [0.1, 0.15) is 51.8 Å². The molecule has 0 saturated heterocycles. The van der Waals surface area contributed by atoms with Gasteiger partial charge in [0.1, 0.15) is 11.6 Å². The molecule has 0 aliphatic heterocycles. The zero-order chi connectivity index (χ0) is 11.5. The van der Waals surface area contributed by atoms with Gasteiger partial charge in [-0.2, -0.15) is 0 Å². The zero-order valence-corrected chi connectivity index (χ0v) is 10.4. The number of anilines is 1. The first-order chi connectivity index (χ1) is 7.65. The molecule has 0 radical (unpaired) electrons. The van der Waals surface area contributed by atoms with E-state index in [0.717, 1.165) is 17.6 Å². The fraction of sp³-hybridized carbons (Fsp3) is 0.692. The van der Waals surface area contributed by atoms with E-state index in [0.29, 0.717) is 12.0 Å². The molecule has 2 rings (SSSR count). The van der Waals surface area contributed by atoms with Crippen LogP contribution in [0.4, 0.5) is 5.82 Å². The van der Waals surface area contributed by atoms with E-state index < -0.39 is 0 Å². The van der Waals surface area contributed by atoms with Gasteiger partial charge in [0.15, 0.2) is 0 Å². The minimum atomic E-state index is 0.393. The standard InChI is InChI=1S/C13H21N3/c1-9(2)13-14-7-6-12(16-13)15-11-5-4-10(3)8-11/h6-7,9-11H,4-5,8H2,1-3H3,(H,14,15,16). The van der Waals surface area contributed by atoms with Gasteiger partial charge in [0.2, 0.25) is 0 Å². The Labute approximate surface area is 97.7 Å². The highest BCUT2D eigenvalue weighted by Gasteiger charge is 2.21. The average Bonchev–Trinajstić information content (AvgIpc) is 2.64. The molecular formula is C13H21N3.